The normalized spacial score (nSPS) is 10.7. The van der Waals surface area contributed by atoms with Crippen molar-refractivity contribution in [2.45, 2.75) is 26.7 Å². The Morgan fingerprint density at radius 1 is 1.07 bits per heavy atom. The van der Waals surface area contributed by atoms with E-state index < -0.39 is 0 Å². The number of hydrazone groups is 1. The van der Waals surface area contributed by atoms with Gasteiger partial charge in [0.15, 0.2) is 0 Å². The Morgan fingerprint density at radius 2 is 1.79 bits per heavy atom. The fraction of sp³-hybridized carbons (Fsp3) is 0.333. The van der Waals surface area contributed by atoms with Crippen LogP contribution in [-0.2, 0) is 4.79 Å². The molecule has 2 rings (SSSR count). The lowest BCUT2D eigenvalue weighted by molar-refractivity contribution is -0.119. The fourth-order valence-electron chi connectivity index (χ4n) is 2.23. The Bertz CT molecular complexity index is 779. The number of halogens is 1. The Hall–Kier alpha value is -3.09. The second-order valence-electron chi connectivity index (χ2n) is 6.05. The van der Waals surface area contributed by atoms with Crippen LogP contribution in [0.4, 0.5) is 10.1 Å². The third-order valence-corrected chi connectivity index (χ3v) is 3.61. The molecule has 1 amide bonds. The number of carbonyl (C=O) groups excluding carboxylic acids is 1. The highest BCUT2D eigenvalue weighted by molar-refractivity contribution is 5.86. The van der Waals surface area contributed by atoms with Gasteiger partial charge in [0, 0.05) is 17.3 Å². The minimum absolute atomic E-state index is 0.0198. The minimum Gasteiger partial charge on any atom is -0.493 e. The monoisotopic (exact) mass is 387 g/mol. The largest absolute Gasteiger partial charge is 0.493 e. The van der Waals surface area contributed by atoms with Gasteiger partial charge in [-0.15, -0.1) is 0 Å². The number of rotatable bonds is 11. The lowest BCUT2D eigenvalue weighted by Crippen LogP contribution is -2.25. The highest BCUT2D eigenvalue weighted by Gasteiger charge is 2.05. The summed E-state index contributed by atoms with van der Waals surface area (Å²) in [6.45, 7) is 5.30. The maximum atomic E-state index is 12.9. The molecule has 2 aromatic rings. The zero-order valence-corrected chi connectivity index (χ0v) is 16.2. The lowest BCUT2D eigenvalue weighted by Gasteiger charge is -2.11. The first kappa shape index (κ1) is 21.2. The molecule has 0 aliphatic carbocycles. The third kappa shape index (κ3) is 7.26. The molecule has 2 N–H and O–H groups in total. The van der Waals surface area contributed by atoms with E-state index in [2.05, 4.69) is 15.8 Å². The summed E-state index contributed by atoms with van der Waals surface area (Å²) >= 11 is 0. The molecule has 0 spiro atoms. The van der Waals surface area contributed by atoms with E-state index >= 15 is 0 Å². The standard InChI is InChI=1S/C21H26FN3O3/c1-3-11-27-19-10-5-16(20(13-19)28-12-4-2)14-24-25-21(26)15-23-18-8-6-17(22)7-9-18/h5-10,13-14,23H,3-4,11-12,15H2,1-2H3,(H,25,26)/b24-14-. The quantitative estimate of drug-likeness (QED) is 0.452. The molecule has 0 saturated heterocycles. The van der Waals surface area contributed by atoms with Crippen LogP contribution in [0.2, 0.25) is 0 Å². The molecule has 7 heteroatoms. The lowest BCUT2D eigenvalue weighted by atomic mass is 10.2. The van der Waals surface area contributed by atoms with E-state index in [9.17, 15) is 9.18 Å². The van der Waals surface area contributed by atoms with Crippen molar-refractivity contribution in [3.63, 3.8) is 0 Å². The van der Waals surface area contributed by atoms with Crippen molar-refractivity contribution in [1.82, 2.24) is 5.43 Å². The molecule has 0 bridgehead atoms. The number of carbonyl (C=O) groups is 1. The minimum atomic E-state index is -0.327. The van der Waals surface area contributed by atoms with Crippen molar-refractivity contribution in [3.8, 4) is 11.5 Å². The summed E-state index contributed by atoms with van der Waals surface area (Å²) in [6, 6.07) is 11.3. The van der Waals surface area contributed by atoms with Crippen LogP contribution in [0.5, 0.6) is 11.5 Å². The number of anilines is 1. The van der Waals surface area contributed by atoms with Crippen LogP contribution >= 0.6 is 0 Å². The van der Waals surface area contributed by atoms with Gasteiger partial charge in [-0.1, -0.05) is 13.8 Å². The number of nitrogens with zero attached hydrogens (tertiary/aromatic N) is 1. The average molecular weight is 387 g/mol. The number of hydrogen-bond donors (Lipinski definition) is 2. The van der Waals surface area contributed by atoms with Crippen molar-refractivity contribution >= 4 is 17.8 Å². The van der Waals surface area contributed by atoms with Crippen molar-refractivity contribution in [1.29, 1.82) is 0 Å². The van der Waals surface area contributed by atoms with E-state index in [1.54, 1.807) is 12.1 Å². The van der Waals surface area contributed by atoms with E-state index in [-0.39, 0.29) is 18.3 Å². The molecular weight excluding hydrogens is 361 g/mol. The van der Waals surface area contributed by atoms with Crippen LogP contribution in [0.1, 0.15) is 32.3 Å². The maximum Gasteiger partial charge on any atom is 0.259 e. The number of ether oxygens (including phenoxy) is 2. The third-order valence-electron chi connectivity index (χ3n) is 3.61. The number of benzene rings is 2. The predicted octanol–water partition coefficient (Wildman–Crippen LogP) is 3.97. The SMILES string of the molecule is CCCOc1ccc(/C=N\NC(=O)CNc2ccc(F)cc2)c(OCCC)c1. The Labute approximate surface area is 164 Å². The van der Waals surface area contributed by atoms with Gasteiger partial charge in [-0.3, -0.25) is 4.79 Å². The molecule has 0 radical (unpaired) electrons. The number of hydrogen-bond acceptors (Lipinski definition) is 5. The van der Waals surface area contributed by atoms with E-state index in [4.69, 9.17) is 9.47 Å². The Morgan fingerprint density at radius 3 is 2.50 bits per heavy atom. The maximum absolute atomic E-state index is 12.9. The highest BCUT2D eigenvalue weighted by Crippen LogP contribution is 2.24. The van der Waals surface area contributed by atoms with Gasteiger partial charge in [0.25, 0.3) is 5.91 Å². The molecule has 0 heterocycles. The summed E-state index contributed by atoms with van der Waals surface area (Å²) in [5, 5.41) is 6.88. The molecule has 6 nitrogen and oxygen atoms in total. The van der Waals surface area contributed by atoms with Crippen molar-refractivity contribution in [2.24, 2.45) is 5.10 Å². The zero-order valence-electron chi connectivity index (χ0n) is 16.2. The van der Waals surface area contributed by atoms with Gasteiger partial charge in [0.2, 0.25) is 0 Å². The first-order chi connectivity index (χ1) is 13.6. The van der Waals surface area contributed by atoms with E-state index in [1.165, 1.54) is 18.3 Å². The summed E-state index contributed by atoms with van der Waals surface area (Å²) in [4.78, 5) is 11.9. The van der Waals surface area contributed by atoms with Gasteiger partial charge in [0.1, 0.15) is 17.3 Å². The second-order valence-corrected chi connectivity index (χ2v) is 6.05. The molecule has 0 saturated carbocycles. The van der Waals surface area contributed by atoms with Gasteiger partial charge in [-0.05, 0) is 49.2 Å². The first-order valence-corrected chi connectivity index (χ1v) is 9.33. The zero-order chi connectivity index (χ0) is 20.2. The molecular formula is C21H26FN3O3. The van der Waals surface area contributed by atoms with Crippen molar-refractivity contribution in [3.05, 3.63) is 53.8 Å². The molecule has 0 aliphatic rings. The summed E-state index contributed by atoms with van der Waals surface area (Å²) < 4.78 is 24.2. The molecule has 0 aromatic heterocycles. The van der Waals surface area contributed by atoms with Crippen LogP contribution < -0.4 is 20.2 Å². The van der Waals surface area contributed by atoms with E-state index in [1.807, 2.05) is 32.0 Å². The van der Waals surface area contributed by atoms with Gasteiger partial charge < -0.3 is 14.8 Å². The first-order valence-electron chi connectivity index (χ1n) is 9.33. The predicted molar refractivity (Wildman–Crippen MR) is 109 cm³/mol. The molecule has 0 unspecified atom stereocenters. The summed E-state index contributed by atoms with van der Waals surface area (Å²) in [5.74, 6) is 0.738. The molecule has 2 aromatic carbocycles. The average Bonchev–Trinajstić information content (AvgIpc) is 2.71. The molecule has 150 valence electrons. The van der Waals surface area contributed by atoms with E-state index in [0.29, 0.717) is 24.7 Å². The summed E-state index contributed by atoms with van der Waals surface area (Å²) in [7, 11) is 0. The van der Waals surface area contributed by atoms with E-state index in [0.717, 1.165) is 24.2 Å². The molecule has 0 aliphatic heterocycles. The number of nitrogens with one attached hydrogen (secondary N) is 2. The molecule has 28 heavy (non-hydrogen) atoms. The van der Waals surface area contributed by atoms with Crippen LogP contribution in [-0.4, -0.2) is 31.9 Å². The molecule has 0 fully saturated rings. The van der Waals surface area contributed by atoms with Crippen molar-refractivity contribution in [2.75, 3.05) is 25.1 Å². The molecule has 0 atom stereocenters. The van der Waals surface area contributed by atoms with Crippen molar-refractivity contribution < 1.29 is 18.7 Å². The fourth-order valence-corrected chi connectivity index (χ4v) is 2.23. The van der Waals surface area contributed by atoms with Gasteiger partial charge in [0.05, 0.1) is 26.0 Å². The van der Waals surface area contributed by atoms with Gasteiger partial charge in [-0.2, -0.15) is 5.10 Å². The second kappa shape index (κ2) is 11.6. The number of amides is 1. The summed E-state index contributed by atoms with van der Waals surface area (Å²) in [6.07, 6.45) is 3.33. The van der Waals surface area contributed by atoms with Crippen LogP contribution in [0.25, 0.3) is 0 Å². The van der Waals surface area contributed by atoms with Gasteiger partial charge >= 0.3 is 0 Å². The van der Waals surface area contributed by atoms with Crippen LogP contribution in [0.3, 0.4) is 0 Å². The Balaban J connectivity index is 1.91. The van der Waals surface area contributed by atoms with Gasteiger partial charge in [-0.25, -0.2) is 9.82 Å². The van der Waals surface area contributed by atoms with Crippen LogP contribution in [0.15, 0.2) is 47.6 Å². The van der Waals surface area contributed by atoms with Crippen LogP contribution in [0, 0.1) is 5.82 Å². The topological polar surface area (TPSA) is 72.0 Å². The smallest absolute Gasteiger partial charge is 0.259 e. The summed E-state index contributed by atoms with van der Waals surface area (Å²) in [5.41, 5.74) is 3.84. The highest BCUT2D eigenvalue weighted by atomic mass is 19.1. The Kier molecular flexibility index (Phi) is 8.78.